The highest BCUT2D eigenvalue weighted by molar-refractivity contribution is 6.67. The molecule has 1 rings (SSSR count). The number of carbonyl (C=O) groups excluding carboxylic acids is 1. The van der Waals surface area contributed by atoms with Gasteiger partial charge in [-0.25, -0.2) is 0 Å². The van der Waals surface area contributed by atoms with E-state index >= 15 is 0 Å². The van der Waals surface area contributed by atoms with Gasteiger partial charge in [0.2, 0.25) is 0 Å². The minimum atomic E-state index is -0.437. The van der Waals surface area contributed by atoms with Crippen LogP contribution in [-0.2, 0) is 6.42 Å². The molecule has 0 aliphatic carbocycles. The Morgan fingerprint density at radius 2 is 2.31 bits per heavy atom. The zero-order valence-electron chi connectivity index (χ0n) is 9.33. The highest BCUT2D eigenvalue weighted by Gasteiger charge is 2.07. The van der Waals surface area contributed by atoms with Gasteiger partial charge in [-0.1, -0.05) is 26.0 Å². The molecule has 0 saturated carbocycles. The lowest BCUT2D eigenvalue weighted by Crippen LogP contribution is -1.99. The predicted octanol–water partition coefficient (Wildman–Crippen LogP) is 3.58. The van der Waals surface area contributed by atoms with Crippen molar-refractivity contribution >= 4 is 16.8 Å². The summed E-state index contributed by atoms with van der Waals surface area (Å²) in [7, 11) is 0. The van der Waals surface area contributed by atoms with E-state index in [1.165, 1.54) is 0 Å². The molecule has 0 heterocycles. The van der Waals surface area contributed by atoms with Crippen LogP contribution in [0.2, 0.25) is 0 Å². The van der Waals surface area contributed by atoms with E-state index in [4.69, 9.17) is 16.3 Å². The third-order valence-corrected chi connectivity index (χ3v) is 2.38. The lowest BCUT2D eigenvalue weighted by atomic mass is 10.1. The number of carbonyl (C=O) groups is 1. The fourth-order valence-corrected chi connectivity index (χ4v) is 1.57. The molecule has 3 heteroatoms. The Kier molecular flexibility index (Phi) is 5.06. The minimum absolute atomic E-state index is 0.437. The summed E-state index contributed by atoms with van der Waals surface area (Å²) in [5.74, 6) is 0.795. The first kappa shape index (κ1) is 12.8. The summed E-state index contributed by atoms with van der Waals surface area (Å²) in [5.41, 5.74) is 1.52. The summed E-state index contributed by atoms with van der Waals surface area (Å²) in [6.07, 6.45) is 3.55. The summed E-state index contributed by atoms with van der Waals surface area (Å²) >= 11 is 5.44. The van der Waals surface area contributed by atoms with E-state index in [-0.39, 0.29) is 0 Å². The van der Waals surface area contributed by atoms with Gasteiger partial charge in [0, 0.05) is 5.56 Å². The van der Waals surface area contributed by atoms with Crippen LogP contribution in [0.15, 0.2) is 30.9 Å². The zero-order valence-corrected chi connectivity index (χ0v) is 10.1. The largest absolute Gasteiger partial charge is 0.489 e. The molecule has 0 N–H and O–H groups in total. The molecule has 1 aromatic carbocycles. The Bertz CT molecular complexity index is 386. The molecule has 0 unspecified atom stereocenters. The van der Waals surface area contributed by atoms with Crippen molar-refractivity contribution in [2.45, 2.75) is 19.8 Å². The quantitative estimate of drug-likeness (QED) is 0.559. The zero-order chi connectivity index (χ0) is 12.0. The van der Waals surface area contributed by atoms with Crippen LogP contribution in [0.5, 0.6) is 5.75 Å². The molecular formula is C13H15ClO2. The highest BCUT2D eigenvalue weighted by atomic mass is 35.5. The molecule has 16 heavy (non-hydrogen) atoms. The molecule has 0 saturated heterocycles. The van der Waals surface area contributed by atoms with Crippen molar-refractivity contribution in [2.75, 3.05) is 6.61 Å². The van der Waals surface area contributed by atoms with Gasteiger partial charge in [-0.3, -0.25) is 4.79 Å². The Hall–Kier alpha value is -1.28. The Balaban J connectivity index is 2.98. The van der Waals surface area contributed by atoms with E-state index in [0.29, 0.717) is 12.2 Å². The van der Waals surface area contributed by atoms with Gasteiger partial charge < -0.3 is 4.74 Å². The number of hydrogen-bond acceptors (Lipinski definition) is 2. The van der Waals surface area contributed by atoms with Crippen LogP contribution < -0.4 is 4.74 Å². The molecule has 0 bridgehead atoms. The van der Waals surface area contributed by atoms with Crippen LogP contribution in [0.4, 0.5) is 0 Å². The summed E-state index contributed by atoms with van der Waals surface area (Å²) in [5, 5.41) is -0.437. The SMILES string of the molecule is C=CCOc1ccc(C(=O)Cl)cc1CCC. The molecule has 0 aliphatic heterocycles. The second-order valence-electron chi connectivity index (χ2n) is 3.45. The third-order valence-electron chi connectivity index (χ3n) is 2.16. The fourth-order valence-electron chi connectivity index (χ4n) is 1.46. The van der Waals surface area contributed by atoms with Gasteiger partial charge in [0.15, 0.2) is 0 Å². The number of aryl methyl sites for hydroxylation is 1. The summed E-state index contributed by atoms with van der Waals surface area (Å²) < 4.78 is 5.50. The van der Waals surface area contributed by atoms with Gasteiger partial charge in [0.25, 0.3) is 5.24 Å². The van der Waals surface area contributed by atoms with Crippen molar-refractivity contribution in [1.82, 2.24) is 0 Å². The fraction of sp³-hybridized carbons (Fsp3) is 0.308. The highest BCUT2D eigenvalue weighted by Crippen LogP contribution is 2.22. The topological polar surface area (TPSA) is 26.3 Å². The Morgan fingerprint density at radius 1 is 1.56 bits per heavy atom. The average Bonchev–Trinajstić information content (AvgIpc) is 2.27. The maximum atomic E-state index is 11.0. The lowest BCUT2D eigenvalue weighted by molar-refractivity contribution is 0.108. The van der Waals surface area contributed by atoms with E-state index in [9.17, 15) is 4.79 Å². The lowest BCUT2D eigenvalue weighted by Gasteiger charge is -2.10. The van der Waals surface area contributed by atoms with Crippen molar-refractivity contribution in [3.05, 3.63) is 42.0 Å². The van der Waals surface area contributed by atoms with Gasteiger partial charge in [-0.05, 0) is 41.8 Å². The normalized spacial score (nSPS) is 9.88. The van der Waals surface area contributed by atoms with E-state index in [2.05, 4.69) is 13.5 Å². The number of hydrogen-bond donors (Lipinski definition) is 0. The minimum Gasteiger partial charge on any atom is -0.489 e. The third kappa shape index (κ3) is 3.38. The van der Waals surface area contributed by atoms with Crippen molar-refractivity contribution in [3.8, 4) is 5.75 Å². The molecule has 0 amide bonds. The molecule has 0 radical (unpaired) electrons. The molecule has 1 aromatic rings. The maximum absolute atomic E-state index is 11.0. The summed E-state index contributed by atoms with van der Waals surface area (Å²) in [6.45, 7) is 6.14. The van der Waals surface area contributed by atoms with Crippen LogP contribution in [-0.4, -0.2) is 11.8 Å². The molecule has 0 fully saturated rings. The number of ether oxygens (including phenoxy) is 1. The summed E-state index contributed by atoms with van der Waals surface area (Å²) in [6, 6.07) is 5.24. The van der Waals surface area contributed by atoms with Crippen LogP contribution in [0.1, 0.15) is 29.3 Å². The maximum Gasteiger partial charge on any atom is 0.252 e. The molecule has 0 aliphatic rings. The summed E-state index contributed by atoms with van der Waals surface area (Å²) in [4.78, 5) is 11.0. The average molecular weight is 239 g/mol. The van der Waals surface area contributed by atoms with Gasteiger partial charge in [0.05, 0.1) is 0 Å². The van der Waals surface area contributed by atoms with Gasteiger partial charge in [-0.2, -0.15) is 0 Å². The van der Waals surface area contributed by atoms with Crippen molar-refractivity contribution < 1.29 is 9.53 Å². The molecule has 0 atom stereocenters. The molecule has 2 nitrogen and oxygen atoms in total. The second-order valence-corrected chi connectivity index (χ2v) is 3.79. The van der Waals surface area contributed by atoms with Crippen LogP contribution in [0.25, 0.3) is 0 Å². The predicted molar refractivity (Wildman–Crippen MR) is 66.3 cm³/mol. The smallest absolute Gasteiger partial charge is 0.252 e. The van der Waals surface area contributed by atoms with Crippen molar-refractivity contribution in [1.29, 1.82) is 0 Å². The first-order valence-corrected chi connectivity index (χ1v) is 5.63. The van der Waals surface area contributed by atoms with E-state index in [1.807, 2.05) is 0 Å². The first-order chi connectivity index (χ1) is 7.69. The van der Waals surface area contributed by atoms with E-state index in [0.717, 1.165) is 24.2 Å². The number of halogens is 1. The number of benzene rings is 1. The van der Waals surface area contributed by atoms with Gasteiger partial charge >= 0.3 is 0 Å². The van der Waals surface area contributed by atoms with E-state index < -0.39 is 5.24 Å². The molecule has 0 aromatic heterocycles. The molecule has 0 spiro atoms. The Labute approximate surface area is 101 Å². The van der Waals surface area contributed by atoms with Gasteiger partial charge in [0.1, 0.15) is 12.4 Å². The van der Waals surface area contributed by atoms with Crippen LogP contribution in [0.3, 0.4) is 0 Å². The Morgan fingerprint density at radius 3 is 2.88 bits per heavy atom. The monoisotopic (exact) mass is 238 g/mol. The molecule has 86 valence electrons. The van der Waals surface area contributed by atoms with Crippen molar-refractivity contribution in [2.24, 2.45) is 0 Å². The molecular weight excluding hydrogens is 224 g/mol. The second kappa shape index (κ2) is 6.33. The van der Waals surface area contributed by atoms with Gasteiger partial charge in [-0.15, -0.1) is 0 Å². The standard InChI is InChI=1S/C13H15ClO2/c1-3-5-10-9-11(13(14)15)6-7-12(10)16-8-4-2/h4,6-7,9H,2-3,5,8H2,1H3. The van der Waals surface area contributed by atoms with Crippen LogP contribution in [0, 0.1) is 0 Å². The number of rotatable bonds is 6. The van der Waals surface area contributed by atoms with Crippen LogP contribution >= 0.6 is 11.6 Å². The van der Waals surface area contributed by atoms with E-state index in [1.54, 1.807) is 24.3 Å². The first-order valence-electron chi connectivity index (χ1n) is 5.25. The van der Waals surface area contributed by atoms with Crippen molar-refractivity contribution in [3.63, 3.8) is 0 Å².